The molecule has 1 saturated heterocycles. The van der Waals surface area contributed by atoms with Crippen LogP contribution in [0.3, 0.4) is 0 Å². The van der Waals surface area contributed by atoms with Crippen LogP contribution in [0.2, 0.25) is 0 Å². The Morgan fingerprint density at radius 1 is 1.33 bits per heavy atom. The van der Waals surface area contributed by atoms with Gasteiger partial charge in [0.25, 0.3) is 5.91 Å². The lowest BCUT2D eigenvalue weighted by Crippen LogP contribution is -2.28. The number of rotatable bonds is 5. The fourth-order valence-corrected chi connectivity index (χ4v) is 4.00. The van der Waals surface area contributed by atoms with Gasteiger partial charge in [0.05, 0.1) is 17.7 Å². The summed E-state index contributed by atoms with van der Waals surface area (Å²) in [4.78, 5) is 23.8. The van der Waals surface area contributed by atoms with Crippen LogP contribution >= 0.6 is 23.5 Å². The van der Waals surface area contributed by atoms with Gasteiger partial charge in [-0.15, -0.1) is 0 Å². The molecule has 1 aromatic rings. The first-order valence-electron chi connectivity index (χ1n) is 7.85. The molecule has 0 unspecified atom stereocenters. The van der Waals surface area contributed by atoms with Crippen molar-refractivity contribution in [2.24, 2.45) is 11.1 Å². The number of hydrogen-bond acceptors (Lipinski definition) is 7. The van der Waals surface area contributed by atoms with Gasteiger partial charge in [-0.2, -0.15) is 4.47 Å². The summed E-state index contributed by atoms with van der Waals surface area (Å²) in [7, 11) is 0. The zero-order chi connectivity index (χ0) is 17.9. The van der Waals surface area contributed by atoms with Gasteiger partial charge in [0, 0.05) is 18.5 Å². The fourth-order valence-electron chi connectivity index (χ4n) is 2.13. The minimum absolute atomic E-state index is 0.200. The first-order chi connectivity index (χ1) is 11.2. The summed E-state index contributed by atoms with van der Waals surface area (Å²) >= 11 is 2.32. The van der Waals surface area contributed by atoms with Gasteiger partial charge >= 0.3 is 0 Å². The molecule has 134 valence electrons. The van der Waals surface area contributed by atoms with Crippen molar-refractivity contribution in [3.05, 3.63) is 11.6 Å². The third-order valence-electron chi connectivity index (χ3n) is 3.59. The van der Waals surface area contributed by atoms with E-state index in [0.29, 0.717) is 10.0 Å². The smallest absolute Gasteiger partial charge is 0.251 e. The average Bonchev–Trinajstić information content (AvgIpc) is 2.91. The van der Waals surface area contributed by atoms with Crippen molar-refractivity contribution in [3.8, 4) is 0 Å². The molecule has 1 aromatic heterocycles. The monoisotopic (exact) mass is 372 g/mol. The zero-order valence-electron chi connectivity index (χ0n) is 14.2. The highest BCUT2D eigenvalue weighted by atomic mass is 32.2. The zero-order valence-corrected chi connectivity index (χ0v) is 15.8. The van der Waals surface area contributed by atoms with Crippen molar-refractivity contribution in [1.29, 1.82) is 0 Å². The minimum atomic E-state index is -0.641. The number of nitrogens with two attached hydrogens (primary N) is 1. The molecule has 24 heavy (non-hydrogen) atoms. The second kappa shape index (κ2) is 7.73. The Morgan fingerprint density at radius 2 is 1.96 bits per heavy atom. The van der Waals surface area contributed by atoms with Gasteiger partial charge in [-0.25, -0.2) is 4.31 Å². The van der Waals surface area contributed by atoms with E-state index in [-0.39, 0.29) is 11.5 Å². The van der Waals surface area contributed by atoms with Gasteiger partial charge in [-0.1, -0.05) is 38.5 Å². The number of thiophene rings is 1. The van der Waals surface area contributed by atoms with Crippen LogP contribution in [0.1, 0.15) is 50.4 Å². The average molecular weight is 373 g/mol. The quantitative estimate of drug-likeness (QED) is 0.543. The van der Waals surface area contributed by atoms with E-state index >= 15 is 0 Å². The molecule has 2 rings (SSSR count). The Kier molecular flexibility index (Phi) is 6.13. The normalized spacial score (nSPS) is 16.0. The third kappa shape index (κ3) is 4.85. The number of hydrogen-bond donors (Lipinski definition) is 3. The van der Waals surface area contributed by atoms with Crippen LogP contribution in [-0.2, 0) is 4.79 Å². The van der Waals surface area contributed by atoms with Crippen molar-refractivity contribution in [2.75, 3.05) is 22.9 Å². The highest BCUT2D eigenvalue weighted by Gasteiger charge is 2.26. The third-order valence-corrected chi connectivity index (χ3v) is 5.68. The van der Waals surface area contributed by atoms with E-state index in [9.17, 15) is 14.8 Å². The molecule has 0 aliphatic carbocycles. The van der Waals surface area contributed by atoms with Crippen molar-refractivity contribution in [1.82, 2.24) is 4.31 Å². The van der Waals surface area contributed by atoms with Crippen molar-refractivity contribution in [3.63, 3.8) is 0 Å². The molecule has 4 N–H and O–H groups in total. The summed E-state index contributed by atoms with van der Waals surface area (Å²) in [5.41, 5.74) is 5.00. The second-order valence-corrected chi connectivity index (χ2v) is 8.80. The molecule has 9 heteroatoms. The van der Waals surface area contributed by atoms with Crippen LogP contribution in [0, 0.1) is 5.41 Å². The minimum Gasteiger partial charge on any atom is -0.366 e. The van der Waals surface area contributed by atoms with Gasteiger partial charge < -0.3 is 11.1 Å². The highest BCUT2D eigenvalue weighted by molar-refractivity contribution is 7.98. The Morgan fingerprint density at radius 3 is 2.50 bits per heavy atom. The van der Waals surface area contributed by atoms with Crippen LogP contribution in [-0.4, -0.2) is 34.4 Å². The maximum Gasteiger partial charge on any atom is 0.251 e. The number of nitrogens with zero attached hydrogens (tertiary/aromatic N) is 2. The van der Waals surface area contributed by atoms with Crippen LogP contribution in [0.25, 0.3) is 0 Å². The maximum absolute atomic E-state index is 12.2. The van der Waals surface area contributed by atoms with E-state index in [2.05, 4.69) is 9.62 Å². The number of carbonyl (C=O) groups is 2. The standard InChI is InChI=1S/C15H24N4O3S2/c1-15(2,3)14(21)17-13-10(12(16)20)9-11(23-13)19(22)24-18-7-5-4-6-8-18/h9,22H,4-8H2,1-3H3,(H2,16,20)(H,17,21). The van der Waals surface area contributed by atoms with Gasteiger partial charge in [0.15, 0.2) is 0 Å². The van der Waals surface area contributed by atoms with E-state index in [1.54, 1.807) is 20.8 Å². The first kappa shape index (κ1) is 19.0. The lowest BCUT2D eigenvalue weighted by atomic mass is 9.96. The van der Waals surface area contributed by atoms with Crippen molar-refractivity contribution < 1.29 is 14.8 Å². The molecule has 7 nitrogen and oxygen atoms in total. The van der Waals surface area contributed by atoms with E-state index in [0.717, 1.165) is 41.7 Å². The molecule has 0 aromatic carbocycles. The predicted octanol–water partition coefficient (Wildman–Crippen LogP) is 3.08. The number of primary amides is 1. The van der Waals surface area contributed by atoms with Crippen LogP contribution in [0.15, 0.2) is 6.07 Å². The number of anilines is 2. The number of amides is 2. The Labute approximate surface area is 150 Å². The Balaban J connectivity index is 2.14. The largest absolute Gasteiger partial charge is 0.366 e. The second-order valence-electron chi connectivity index (χ2n) is 6.74. The van der Waals surface area contributed by atoms with E-state index in [4.69, 9.17) is 5.73 Å². The Hall–Kier alpha value is -1.29. The molecule has 1 aliphatic heterocycles. The molecular formula is C15H24N4O3S2. The Bertz CT molecular complexity index is 606. The molecular weight excluding hydrogens is 348 g/mol. The summed E-state index contributed by atoms with van der Waals surface area (Å²) in [5, 5.41) is 13.8. The molecule has 0 atom stereocenters. The summed E-state index contributed by atoms with van der Waals surface area (Å²) in [6.45, 7) is 7.16. The topological polar surface area (TPSA) is 98.9 Å². The maximum atomic E-state index is 12.2. The molecule has 0 radical (unpaired) electrons. The lowest BCUT2D eigenvalue weighted by molar-refractivity contribution is -0.123. The van der Waals surface area contributed by atoms with Gasteiger partial charge in [0.2, 0.25) is 5.91 Å². The molecule has 0 bridgehead atoms. The highest BCUT2D eigenvalue weighted by Crippen LogP contribution is 2.38. The fraction of sp³-hybridized carbons (Fsp3) is 0.600. The molecule has 0 saturated carbocycles. The van der Waals surface area contributed by atoms with E-state index in [1.165, 1.54) is 24.6 Å². The number of carbonyl (C=O) groups excluding carboxylic acids is 2. The van der Waals surface area contributed by atoms with Crippen molar-refractivity contribution in [2.45, 2.75) is 40.0 Å². The van der Waals surface area contributed by atoms with Gasteiger partial charge in [0.1, 0.15) is 10.0 Å². The van der Waals surface area contributed by atoms with E-state index in [1.807, 2.05) is 0 Å². The van der Waals surface area contributed by atoms with Crippen LogP contribution < -0.4 is 15.5 Å². The predicted molar refractivity (Wildman–Crippen MR) is 98.2 cm³/mol. The molecule has 1 fully saturated rings. The number of piperidine rings is 1. The number of nitrogens with one attached hydrogen (secondary N) is 1. The molecule has 1 aliphatic rings. The molecule has 2 heterocycles. The van der Waals surface area contributed by atoms with Gasteiger partial charge in [-0.3, -0.25) is 14.8 Å². The molecule has 2 amide bonds. The summed E-state index contributed by atoms with van der Waals surface area (Å²) in [6, 6.07) is 1.50. The summed E-state index contributed by atoms with van der Waals surface area (Å²) in [6.07, 6.45) is 3.41. The summed E-state index contributed by atoms with van der Waals surface area (Å²) in [5.74, 6) is -0.857. The lowest BCUT2D eigenvalue weighted by Gasteiger charge is -2.27. The van der Waals surface area contributed by atoms with Crippen molar-refractivity contribution >= 4 is 45.3 Å². The first-order valence-corrected chi connectivity index (χ1v) is 9.40. The SMILES string of the molecule is CC(C)(C)C(=O)Nc1sc(N(O)SN2CCCCC2)cc1C(N)=O. The van der Waals surface area contributed by atoms with E-state index < -0.39 is 11.3 Å². The van der Waals surface area contributed by atoms with Gasteiger partial charge in [-0.05, 0) is 18.9 Å². The van der Waals surface area contributed by atoms with Crippen LogP contribution in [0.5, 0.6) is 0 Å². The molecule has 0 spiro atoms. The summed E-state index contributed by atoms with van der Waals surface area (Å²) < 4.78 is 3.09. The van der Waals surface area contributed by atoms with Crippen LogP contribution in [0.4, 0.5) is 10.0 Å².